The van der Waals surface area contributed by atoms with E-state index in [4.69, 9.17) is 11.6 Å². The average molecular weight is 246 g/mol. The zero-order valence-corrected chi connectivity index (χ0v) is 8.70. The molecule has 0 aliphatic heterocycles. The molecule has 0 saturated heterocycles. The Labute approximate surface area is 83.0 Å². The van der Waals surface area contributed by atoms with Crippen LogP contribution in [0.4, 0.5) is 0 Å². The van der Waals surface area contributed by atoms with Crippen LogP contribution in [0.15, 0.2) is 16.7 Å². The summed E-state index contributed by atoms with van der Waals surface area (Å²) < 4.78 is 1.05. The number of benzene rings is 1. The van der Waals surface area contributed by atoms with Gasteiger partial charge in [0.25, 0.3) is 0 Å². The molecule has 0 spiro atoms. The Morgan fingerprint density at radius 3 is 3.08 bits per heavy atom. The molecule has 1 aromatic heterocycles. The fourth-order valence-electron chi connectivity index (χ4n) is 1.17. The largest absolute Gasteiger partial charge is 0.276 e. The minimum atomic E-state index is 0.711. The van der Waals surface area contributed by atoms with E-state index < -0.39 is 0 Å². The van der Waals surface area contributed by atoms with E-state index >= 15 is 0 Å². The number of fused-ring (bicyclic) bond motifs is 1. The monoisotopic (exact) mass is 244 g/mol. The Balaban J connectivity index is 2.97. The number of aromatic nitrogens is 2. The van der Waals surface area contributed by atoms with E-state index in [2.05, 4.69) is 26.1 Å². The molecule has 0 aliphatic carbocycles. The summed E-state index contributed by atoms with van der Waals surface area (Å²) in [6.45, 7) is 2.00. The van der Waals surface area contributed by atoms with Crippen LogP contribution in [0.3, 0.4) is 0 Å². The van der Waals surface area contributed by atoms with Gasteiger partial charge in [0, 0.05) is 9.86 Å². The van der Waals surface area contributed by atoms with Crippen LogP contribution in [0.5, 0.6) is 0 Å². The molecule has 1 heterocycles. The van der Waals surface area contributed by atoms with Gasteiger partial charge in [0.05, 0.1) is 16.7 Å². The third kappa shape index (κ3) is 1.04. The van der Waals surface area contributed by atoms with Gasteiger partial charge >= 0.3 is 0 Å². The van der Waals surface area contributed by atoms with Crippen molar-refractivity contribution in [3.05, 3.63) is 27.3 Å². The van der Waals surface area contributed by atoms with E-state index in [1.165, 1.54) is 0 Å². The summed E-state index contributed by atoms with van der Waals surface area (Å²) in [5, 5.41) is 8.51. The van der Waals surface area contributed by atoms with Crippen molar-refractivity contribution >= 4 is 38.4 Å². The molecule has 1 N–H and O–H groups in total. The Bertz CT molecular complexity index is 436. The van der Waals surface area contributed by atoms with Crippen LogP contribution in [0.1, 0.15) is 5.56 Å². The van der Waals surface area contributed by atoms with Gasteiger partial charge in [-0.3, -0.25) is 5.10 Å². The van der Waals surface area contributed by atoms with Gasteiger partial charge in [-0.2, -0.15) is 5.10 Å². The molecule has 0 radical (unpaired) electrons. The molecule has 0 amide bonds. The highest BCUT2D eigenvalue weighted by atomic mass is 79.9. The molecule has 0 unspecified atom stereocenters. The van der Waals surface area contributed by atoms with Crippen molar-refractivity contribution in [2.45, 2.75) is 6.92 Å². The topological polar surface area (TPSA) is 28.7 Å². The highest BCUT2D eigenvalue weighted by Crippen LogP contribution is 2.31. The Morgan fingerprint density at radius 2 is 2.33 bits per heavy atom. The molecule has 1 aromatic carbocycles. The number of rotatable bonds is 0. The highest BCUT2D eigenvalue weighted by Gasteiger charge is 2.07. The van der Waals surface area contributed by atoms with Gasteiger partial charge in [-0.25, -0.2) is 0 Å². The molecule has 2 aromatic rings. The first kappa shape index (κ1) is 8.08. The van der Waals surface area contributed by atoms with E-state index in [-0.39, 0.29) is 0 Å². The highest BCUT2D eigenvalue weighted by molar-refractivity contribution is 9.10. The van der Waals surface area contributed by atoms with Crippen molar-refractivity contribution in [1.29, 1.82) is 0 Å². The van der Waals surface area contributed by atoms with E-state index in [1.54, 1.807) is 6.20 Å². The lowest BCUT2D eigenvalue weighted by molar-refractivity contribution is 1.12. The first-order valence-corrected chi connectivity index (χ1v) is 4.65. The molecule has 0 saturated carbocycles. The summed E-state index contributed by atoms with van der Waals surface area (Å²) in [5.41, 5.74) is 2.00. The first-order chi connectivity index (χ1) is 5.70. The molecule has 0 atom stereocenters. The minimum absolute atomic E-state index is 0.711. The van der Waals surface area contributed by atoms with Gasteiger partial charge in [0.2, 0.25) is 0 Å². The Hall–Kier alpha value is -0.540. The maximum Gasteiger partial charge on any atom is 0.0848 e. The summed E-state index contributed by atoms with van der Waals surface area (Å²) in [7, 11) is 0. The quantitative estimate of drug-likeness (QED) is 0.758. The smallest absolute Gasteiger partial charge is 0.0848 e. The van der Waals surface area contributed by atoms with E-state index in [0.717, 1.165) is 20.9 Å². The Kier molecular flexibility index (Phi) is 1.85. The minimum Gasteiger partial charge on any atom is -0.276 e. The van der Waals surface area contributed by atoms with E-state index in [1.807, 2.05) is 13.0 Å². The number of nitrogens with zero attached hydrogens (tertiary/aromatic N) is 1. The maximum absolute atomic E-state index is 5.98. The molecular formula is C8H6BrClN2. The summed E-state index contributed by atoms with van der Waals surface area (Å²) in [6, 6.07) is 1.91. The fraction of sp³-hybridized carbons (Fsp3) is 0.125. The second kappa shape index (κ2) is 2.75. The lowest BCUT2D eigenvalue weighted by atomic mass is 10.2. The predicted molar refractivity (Wildman–Crippen MR) is 53.5 cm³/mol. The maximum atomic E-state index is 5.98. The molecular weight excluding hydrogens is 239 g/mol. The third-order valence-electron chi connectivity index (χ3n) is 1.80. The zero-order chi connectivity index (χ0) is 8.72. The van der Waals surface area contributed by atoms with Crippen LogP contribution in [-0.2, 0) is 0 Å². The number of halogens is 2. The molecule has 4 heteroatoms. The van der Waals surface area contributed by atoms with Crippen molar-refractivity contribution in [3.63, 3.8) is 0 Å². The molecule has 0 aliphatic rings. The summed E-state index contributed by atoms with van der Waals surface area (Å²) in [4.78, 5) is 0. The number of H-pyrrole nitrogens is 1. The molecule has 0 fully saturated rings. The van der Waals surface area contributed by atoms with Crippen molar-refractivity contribution in [2.75, 3.05) is 0 Å². The van der Waals surface area contributed by atoms with Crippen LogP contribution in [0.2, 0.25) is 5.02 Å². The van der Waals surface area contributed by atoms with Crippen molar-refractivity contribution in [2.24, 2.45) is 0 Å². The lowest BCUT2D eigenvalue weighted by Gasteiger charge is -2.00. The van der Waals surface area contributed by atoms with E-state index in [9.17, 15) is 0 Å². The summed E-state index contributed by atoms with van der Waals surface area (Å²) in [6.07, 6.45) is 1.76. The van der Waals surface area contributed by atoms with Crippen LogP contribution in [0, 0.1) is 6.92 Å². The first-order valence-electron chi connectivity index (χ1n) is 3.48. The number of nitrogens with one attached hydrogen (secondary N) is 1. The molecule has 12 heavy (non-hydrogen) atoms. The SMILES string of the molecule is Cc1cc(Cl)c2[nH]ncc2c1Br. The van der Waals surface area contributed by atoms with Gasteiger partial charge < -0.3 is 0 Å². The summed E-state index contributed by atoms with van der Waals surface area (Å²) in [5.74, 6) is 0. The normalized spacial score (nSPS) is 10.9. The van der Waals surface area contributed by atoms with Gasteiger partial charge in [-0.1, -0.05) is 11.6 Å². The van der Waals surface area contributed by atoms with Crippen molar-refractivity contribution < 1.29 is 0 Å². The summed E-state index contributed by atoms with van der Waals surface area (Å²) >= 11 is 9.46. The molecule has 62 valence electrons. The standard InChI is InChI=1S/C8H6BrClN2/c1-4-2-6(10)8-5(7(4)9)3-11-12-8/h2-3H,1H3,(H,11,12). The van der Waals surface area contributed by atoms with Crippen molar-refractivity contribution in [1.82, 2.24) is 10.2 Å². The van der Waals surface area contributed by atoms with E-state index in [0.29, 0.717) is 5.02 Å². The van der Waals surface area contributed by atoms with Crippen LogP contribution in [0.25, 0.3) is 10.9 Å². The molecule has 2 nitrogen and oxygen atoms in total. The molecule has 2 rings (SSSR count). The predicted octanol–water partition coefficient (Wildman–Crippen LogP) is 3.29. The van der Waals surface area contributed by atoms with Gasteiger partial charge in [0.1, 0.15) is 0 Å². The molecule has 0 bridgehead atoms. The van der Waals surface area contributed by atoms with Gasteiger partial charge in [-0.05, 0) is 34.5 Å². The van der Waals surface area contributed by atoms with Crippen molar-refractivity contribution in [3.8, 4) is 0 Å². The second-order valence-electron chi connectivity index (χ2n) is 2.65. The number of aromatic amines is 1. The number of hydrogen-bond donors (Lipinski definition) is 1. The number of hydrogen-bond acceptors (Lipinski definition) is 1. The van der Waals surface area contributed by atoms with Crippen LogP contribution < -0.4 is 0 Å². The number of aryl methyl sites for hydroxylation is 1. The second-order valence-corrected chi connectivity index (χ2v) is 3.85. The fourth-order valence-corrected chi connectivity index (χ4v) is 1.90. The van der Waals surface area contributed by atoms with Gasteiger partial charge in [-0.15, -0.1) is 0 Å². The van der Waals surface area contributed by atoms with Gasteiger partial charge in [0.15, 0.2) is 0 Å². The zero-order valence-electron chi connectivity index (χ0n) is 6.36. The average Bonchev–Trinajstić information content (AvgIpc) is 2.48. The van der Waals surface area contributed by atoms with Crippen LogP contribution >= 0.6 is 27.5 Å². The third-order valence-corrected chi connectivity index (χ3v) is 3.15. The lowest BCUT2D eigenvalue weighted by Crippen LogP contribution is -1.78. The van der Waals surface area contributed by atoms with Crippen LogP contribution in [-0.4, -0.2) is 10.2 Å². The Morgan fingerprint density at radius 1 is 1.58 bits per heavy atom.